The Kier molecular flexibility index (Phi) is 7.90. The molecular weight excluding hydrogens is 378 g/mol. The molecule has 0 saturated heterocycles. The number of amides is 1. The molecule has 0 aliphatic carbocycles. The van der Waals surface area contributed by atoms with Crippen LogP contribution in [0.15, 0.2) is 59.6 Å². The lowest BCUT2D eigenvalue weighted by Crippen LogP contribution is -2.41. The lowest BCUT2D eigenvalue weighted by Gasteiger charge is -2.20. The van der Waals surface area contributed by atoms with E-state index in [2.05, 4.69) is 21.5 Å². The van der Waals surface area contributed by atoms with Crippen molar-refractivity contribution in [2.75, 3.05) is 11.9 Å². The van der Waals surface area contributed by atoms with Gasteiger partial charge >= 0.3 is 5.97 Å². The molecule has 0 aliphatic heterocycles. The first kappa shape index (κ1) is 22.9. The highest BCUT2D eigenvalue weighted by Gasteiger charge is 2.20. The number of anilines is 1. The first-order valence-corrected chi connectivity index (χ1v) is 9.65. The molecule has 1 unspecified atom stereocenters. The summed E-state index contributed by atoms with van der Waals surface area (Å²) in [6.07, 6.45) is 5.31. The van der Waals surface area contributed by atoms with Crippen LogP contribution >= 0.6 is 0 Å². The van der Waals surface area contributed by atoms with Crippen molar-refractivity contribution in [1.29, 1.82) is 0 Å². The molecule has 0 aliphatic rings. The number of carbonyl (C=O) groups excluding carboxylic acids is 1. The van der Waals surface area contributed by atoms with Gasteiger partial charge in [0.25, 0.3) is 0 Å². The van der Waals surface area contributed by atoms with E-state index in [1.807, 2.05) is 57.2 Å². The van der Waals surface area contributed by atoms with Crippen molar-refractivity contribution < 1.29 is 14.7 Å². The molecule has 0 aromatic heterocycles. The molecule has 1 atom stereocenters. The summed E-state index contributed by atoms with van der Waals surface area (Å²) in [6, 6.07) is 15.3. The smallest absolute Gasteiger partial charge is 0.329 e. The molecule has 0 fully saturated rings. The van der Waals surface area contributed by atoms with Gasteiger partial charge in [0, 0.05) is 23.1 Å². The molecule has 2 aromatic rings. The molecular formula is C24H27N3O3. The van der Waals surface area contributed by atoms with Crippen LogP contribution in [0.1, 0.15) is 38.3 Å². The molecule has 0 saturated carbocycles. The summed E-state index contributed by atoms with van der Waals surface area (Å²) >= 11 is 0. The second kappa shape index (κ2) is 10.4. The number of carboxylic acids is 1. The van der Waals surface area contributed by atoms with Gasteiger partial charge in [-0.25, -0.2) is 4.79 Å². The Bertz CT molecular complexity index is 954. The first-order valence-electron chi connectivity index (χ1n) is 9.65. The molecule has 0 heterocycles. The van der Waals surface area contributed by atoms with Crippen LogP contribution in [-0.2, 0) is 9.59 Å². The molecule has 0 bridgehead atoms. The monoisotopic (exact) mass is 405 g/mol. The number of aliphatic carboxylic acids is 1. The summed E-state index contributed by atoms with van der Waals surface area (Å²) in [5, 5.41) is 15.6. The third-order valence-electron chi connectivity index (χ3n) is 4.16. The van der Waals surface area contributed by atoms with Gasteiger partial charge in [-0.2, -0.15) is 0 Å². The largest absolute Gasteiger partial charge is 0.480 e. The predicted octanol–water partition coefficient (Wildman–Crippen LogP) is 3.33. The number of terminal acetylenes is 1. The van der Waals surface area contributed by atoms with Gasteiger partial charge in [0.2, 0.25) is 5.91 Å². The van der Waals surface area contributed by atoms with E-state index in [-0.39, 0.29) is 24.4 Å². The SMILES string of the molecule is C#CCC(N=C(c1ccccc1)c1ccccc1NC(=O)CNC(C)(C)C)C(=O)O. The maximum Gasteiger partial charge on any atom is 0.329 e. The number of aliphatic imine (C=N–C) groups is 1. The quantitative estimate of drug-likeness (QED) is 0.464. The molecule has 6 nitrogen and oxygen atoms in total. The molecule has 6 heteroatoms. The van der Waals surface area contributed by atoms with Crippen LogP contribution in [0, 0.1) is 12.3 Å². The zero-order chi connectivity index (χ0) is 22.1. The Morgan fingerprint density at radius 1 is 1.10 bits per heavy atom. The highest BCUT2D eigenvalue weighted by molar-refractivity contribution is 6.17. The Hall–Kier alpha value is -3.43. The van der Waals surface area contributed by atoms with E-state index in [1.165, 1.54) is 0 Å². The zero-order valence-corrected chi connectivity index (χ0v) is 17.5. The van der Waals surface area contributed by atoms with E-state index in [4.69, 9.17) is 6.42 Å². The van der Waals surface area contributed by atoms with Crippen molar-refractivity contribution in [2.45, 2.75) is 38.8 Å². The van der Waals surface area contributed by atoms with E-state index >= 15 is 0 Å². The average molecular weight is 405 g/mol. The number of para-hydroxylation sites is 1. The maximum atomic E-state index is 12.5. The van der Waals surface area contributed by atoms with Gasteiger partial charge in [-0.15, -0.1) is 12.3 Å². The second-order valence-corrected chi connectivity index (χ2v) is 7.80. The Morgan fingerprint density at radius 2 is 1.73 bits per heavy atom. The van der Waals surface area contributed by atoms with Crippen molar-refractivity contribution in [3.63, 3.8) is 0 Å². The molecule has 1 amide bonds. The van der Waals surface area contributed by atoms with Crippen molar-refractivity contribution in [1.82, 2.24) is 5.32 Å². The minimum atomic E-state index is -1.10. The average Bonchev–Trinajstić information content (AvgIpc) is 2.70. The van der Waals surface area contributed by atoms with E-state index in [0.717, 1.165) is 5.56 Å². The molecule has 0 radical (unpaired) electrons. The molecule has 2 aromatic carbocycles. The molecule has 156 valence electrons. The number of rotatable bonds is 8. The number of nitrogens with zero attached hydrogens (tertiary/aromatic N) is 1. The van der Waals surface area contributed by atoms with Gasteiger partial charge in [0.1, 0.15) is 0 Å². The number of hydrogen-bond acceptors (Lipinski definition) is 4. The fourth-order valence-electron chi connectivity index (χ4n) is 2.69. The van der Waals surface area contributed by atoms with Crippen LogP contribution in [0.5, 0.6) is 0 Å². The van der Waals surface area contributed by atoms with E-state index in [1.54, 1.807) is 18.2 Å². The van der Waals surface area contributed by atoms with Gasteiger partial charge in [0.15, 0.2) is 6.04 Å². The van der Waals surface area contributed by atoms with E-state index in [0.29, 0.717) is 17.0 Å². The van der Waals surface area contributed by atoms with Crippen LogP contribution in [0.2, 0.25) is 0 Å². The Balaban J connectivity index is 2.46. The van der Waals surface area contributed by atoms with Gasteiger partial charge in [0.05, 0.1) is 17.9 Å². The van der Waals surface area contributed by atoms with Crippen molar-refractivity contribution in [3.8, 4) is 12.3 Å². The predicted molar refractivity (Wildman–Crippen MR) is 120 cm³/mol. The standard InChI is InChI=1S/C24H27N3O3/c1-5-11-20(23(29)30)27-22(17-12-7-6-8-13-17)18-14-9-10-15-19(18)26-21(28)16-25-24(2,3)4/h1,6-10,12-15,20,25H,11,16H2,2-4H3,(H,26,28)(H,29,30). The number of hydrogen-bond donors (Lipinski definition) is 3. The van der Waals surface area contributed by atoms with Gasteiger partial charge < -0.3 is 15.7 Å². The summed E-state index contributed by atoms with van der Waals surface area (Å²) < 4.78 is 0. The van der Waals surface area contributed by atoms with Crippen molar-refractivity contribution in [3.05, 3.63) is 65.7 Å². The number of carboxylic acid groups (broad SMARTS) is 1. The third kappa shape index (κ3) is 6.87. The van der Waals surface area contributed by atoms with E-state index in [9.17, 15) is 14.7 Å². The summed E-state index contributed by atoms with van der Waals surface area (Å²) in [5.74, 6) is 1.06. The van der Waals surface area contributed by atoms with Crippen LogP contribution in [0.3, 0.4) is 0 Å². The number of benzene rings is 2. The van der Waals surface area contributed by atoms with Gasteiger partial charge in [-0.05, 0) is 26.8 Å². The zero-order valence-electron chi connectivity index (χ0n) is 17.5. The minimum Gasteiger partial charge on any atom is -0.480 e. The Morgan fingerprint density at radius 3 is 2.33 bits per heavy atom. The van der Waals surface area contributed by atoms with Crippen LogP contribution < -0.4 is 10.6 Å². The summed E-state index contributed by atoms with van der Waals surface area (Å²) in [5.41, 5.74) is 2.16. The minimum absolute atomic E-state index is 0.0320. The van der Waals surface area contributed by atoms with Gasteiger partial charge in [-0.1, -0.05) is 48.5 Å². The number of nitrogens with one attached hydrogen (secondary N) is 2. The maximum absolute atomic E-state index is 12.5. The summed E-state index contributed by atoms with van der Waals surface area (Å²) in [4.78, 5) is 28.6. The third-order valence-corrected chi connectivity index (χ3v) is 4.16. The van der Waals surface area contributed by atoms with Crippen LogP contribution in [0.25, 0.3) is 0 Å². The number of carbonyl (C=O) groups is 2. The Labute approximate surface area is 177 Å². The molecule has 30 heavy (non-hydrogen) atoms. The fourth-order valence-corrected chi connectivity index (χ4v) is 2.69. The highest BCUT2D eigenvalue weighted by atomic mass is 16.4. The topological polar surface area (TPSA) is 90.8 Å². The second-order valence-electron chi connectivity index (χ2n) is 7.80. The van der Waals surface area contributed by atoms with Crippen molar-refractivity contribution >= 4 is 23.3 Å². The molecule has 2 rings (SSSR count). The summed E-state index contributed by atoms with van der Waals surface area (Å²) in [7, 11) is 0. The van der Waals surface area contributed by atoms with Gasteiger partial charge in [-0.3, -0.25) is 9.79 Å². The first-order chi connectivity index (χ1) is 14.2. The van der Waals surface area contributed by atoms with E-state index < -0.39 is 12.0 Å². The normalized spacial score (nSPS) is 12.7. The van der Waals surface area contributed by atoms with Crippen LogP contribution in [-0.4, -0.2) is 40.8 Å². The van der Waals surface area contributed by atoms with Crippen molar-refractivity contribution in [2.24, 2.45) is 4.99 Å². The lowest BCUT2D eigenvalue weighted by molar-refractivity contribution is -0.138. The molecule has 3 N–H and O–H groups in total. The summed E-state index contributed by atoms with van der Waals surface area (Å²) in [6.45, 7) is 6.08. The van der Waals surface area contributed by atoms with Crippen LogP contribution in [0.4, 0.5) is 5.69 Å². The highest BCUT2D eigenvalue weighted by Crippen LogP contribution is 2.21. The molecule has 0 spiro atoms. The fraction of sp³-hybridized carbons (Fsp3) is 0.292. The lowest BCUT2D eigenvalue weighted by atomic mass is 9.99.